The summed E-state index contributed by atoms with van der Waals surface area (Å²) in [5, 5.41) is 55.7. The van der Waals surface area contributed by atoms with E-state index in [0.29, 0.717) is 11.1 Å². The van der Waals surface area contributed by atoms with E-state index in [4.69, 9.17) is 18.9 Å². The number of phenolic OH excluding ortho intramolecular Hbond substituents is 2. The van der Waals surface area contributed by atoms with Crippen LogP contribution in [0.25, 0.3) is 0 Å². The lowest BCUT2D eigenvalue weighted by atomic mass is 9.73. The van der Waals surface area contributed by atoms with Crippen molar-refractivity contribution in [1.29, 1.82) is 0 Å². The van der Waals surface area contributed by atoms with Gasteiger partial charge >= 0.3 is 5.97 Å². The van der Waals surface area contributed by atoms with Crippen molar-refractivity contribution in [1.82, 2.24) is 5.32 Å². The van der Waals surface area contributed by atoms with Crippen molar-refractivity contribution in [3.63, 3.8) is 0 Å². The second-order valence-corrected chi connectivity index (χ2v) is 12.5. The highest BCUT2D eigenvalue weighted by Gasteiger charge is 2.48. The minimum Gasteiger partial charge on any atom is -0.504 e. The van der Waals surface area contributed by atoms with Gasteiger partial charge in [-0.05, 0) is 37.5 Å². The Bertz CT molecular complexity index is 1180. The molecular formula is C31H47NO11. The van der Waals surface area contributed by atoms with Crippen LogP contribution in [0.2, 0.25) is 0 Å². The monoisotopic (exact) mass is 609 g/mol. The van der Waals surface area contributed by atoms with E-state index in [-0.39, 0.29) is 37.0 Å². The molecule has 1 saturated heterocycles. The summed E-state index contributed by atoms with van der Waals surface area (Å²) in [5.74, 6) is -2.67. The number of carbonyl (C=O) groups excluding carboxylic acids is 2. The standard InChI is InChI=1S/C31H47NO11/c1-14(2)9-22(40-7)27(37)28(38)32-29(41-8)23-13-24(35)31(5,6)25(42-23)12-19(33)16(4)21-11-17-15(3)26(36)20(34)10-18(17)30(39)43-21/h10,16,19,21-25,27,29,33-37H,1,9,11-13H2,2-8H3,(H,32,38)/t16-,19+,21-,22+,23+,24-,25-,27+,29+/m1/s1. The van der Waals surface area contributed by atoms with Crippen molar-refractivity contribution in [2.45, 2.75) is 109 Å². The molecule has 0 bridgehead atoms. The molecular weight excluding hydrogens is 562 g/mol. The first-order valence-electron chi connectivity index (χ1n) is 14.5. The lowest BCUT2D eigenvalue weighted by Gasteiger charge is -2.48. The van der Waals surface area contributed by atoms with Gasteiger partial charge in [-0.25, -0.2) is 4.79 Å². The van der Waals surface area contributed by atoms with Crippen molar-refractivity contribution in [3.8, 4) is 11.5 Å². The molecule has 1 aromatic carbocycles. The summed E-state index contributed by atoms with van der Waals surface area (Å²) in [4.78, 5) is 25.6. The summed E-state index contributed by atoms with van der Waals surface area (Å²) in [6.07, 6.45) is -6.76. The normalized spacial score (nSPS) is 26.8. The third kappa shape index (κ3) is 7.50. The van der Waals surface area contributed by atoms with Gasteiger partial charge in [0.05, 0.1) is 30.0 Å². The Labute approximate surface area is 252 Å². The predicted molar refractivity (Wildman–Crippen MR) is 155 cm³/mol. The number of aliphatic hydroxyl groups is 3. The number of esters is 1. The number of ether oxygens (including phenoxy) is 4. The van der Waals surface area contributed by atoms with Crippen LogP contribution >= 0.6 is 0 Å². The number of phenols is 2. The van der Waals surface area contributed by atoms with E-state index in [2.05, 4.69) is 11.9 Å². The molecule has 1 amide bonds. The first-order valence-corrected chi connectivity index (χ1v) is 14.5. The van der Waals surface area contributed by atoms with Crippen LogP contribution in [0, 0.1) is 18.3 Å². The topological polar surface area (TPSA) is 184 Å². The Morgan fingerprint density at radius 2 is 1.86 bits per heavy atom. The summed E-state index contributed by atoms with van der Waals surface area (Å²) in [7, 11) is 2.76. The largest absolute Gasteiger partial charge is 0.504 e. The lowest BCUT2D eigenvalue weighted by Crippen LogP contribution is -2.59. The Hall–Kier alpha value is -2.74. The number of hydrogen-bond donors (Lipinski definition) is 6. The number of amides is 1. The van der Waals surface area contributed by atoms with E-state index >= 15 is 0 Å². The highest BCUT2D eigenvalue weighted by atomic mass is 16.6. The maximum atomic E-state index is 12.9. The van der Waals surface area contributed by atoms with Crippen molar-refractivity contribution >= 4 is 11.9 Å². The average Bonchev–Trinajstić information content (AvgIpc) is 2.95. The molecule has 0 aliphatic carbocycles. The number of nitrogens with one attached hydrogen (secondary N) is 1. The summed E-state index contributed by atoms with van der Waals surface area (Å²) < 4.78 is 22.7. The van der Waals surface area contributed by atoms with Crippen LogP contribution in [0.4, 0.5) is 0 Å². The van der Waals surface area contributed by atoms with Crippen LogP contribution < -0.4 is 5.32 Å². The Morgan fingerprint density at radius 3 is 2.44 bits per heavy atom. The molecule has 3 rings (SSSR count). The fourth-order valence-corrected chi connectivity index (χ4v) is 5.79. The zero-order chi connectivity index (χ0) is 32.4. The average molecular weight is 610 g/mol. The van der Waals surface area contributed by atoms with Gasteiger partial charge in [-0.3, -0.25) is 4.79 Å². The van der Waals surface area contributed by atoms with Crippen molar-refractivity contribution < 1.29 is 54.1 Å². The second kappa shape index (κ2) is 13.9. The van der Waals surface area contributed by atoms with E-state index in [1.807, 2.05) is 13.8 Å². The van der Waals surface area contributed by atoms with Crippen LogP contribution in [-0.2, 0) is 30.2 Å². The van der Waals surface area contributed by atoms with Crippen LogP contribution in [0.15, 0.2) is 18.2 Å². The molecule has 0 saturated carbocycles. The number of aromatic hydroxyl groups is 2. The molecule has 2 aliphatic rings. The van der Waals surface area contributed by atoms with Crippen molar-refractivity contribution in [2.75, 3.05) is 14.2 Å². The van der Waals surface area contributed by atoms with Gasteiger partial charge in [-0.15, -0.1) is 6.58 Å². The molecule has 9 atom stereocenters. The van der Waals surface area contributed by atoms with Crippen LogP contribution in [-0.4, -0.2) is 101 Å². The van der Waals surface area contributed by atoms with Gasteiger partial charge in [-0.2, -0.15) is 0 Å². The van der Waals surface area contributed by atoms with E-state index in [0.717, 1.165) is 5.57 Å². The van der Waals surface area contributed by atoms with Crippen LogP contribution in [0.5, 0.6) is 11.5 Å². The minimum atomic E-state index is -1.50. The van der Waals surface area contributed by atoms with Crippen molar-refractivity contribution in [2.24, 2.45) is 11.3 Å². The number of fused-ring (bicyclic) bond motifs is 1. The minimum absolute atomic E-state index is 0.0693. The maximum absolute atomic E-state index is 12.9. The first-order chi connectivity index (χ1) is 20.0. The molecule has 43 heavy (non-hydrogen) atoms. The number of rotatable bonds is 12. The Balaban J connectivity index is 1.73. The van der Waals surface area contributed by atoms with E-state index < -0.39 is 77.9 Å². The number of benzene rings is 1. The van der Waals surface area contributed by atoms with Gasteiger partial charge in [0, 0.05) is 44.8 Å². The SMILES string of the molecule is C=C(C)C[C@H](OC)[C@H](O)C(=O)N[C@@H](OC)[C@@H]1C[C@@H](O)C(C)(C)[C@@H](C[C@H](O)[C@@H](C)[C@H]2Cc3c(cc(O)c(O)c3C)C(=O)O2)O1. The molecule has 1 fully saturated rings. The summed E-state index contributed by atoms with van der Waals surface area (Å²) >= 11 is 0. The fourth-order valence-electron chi connectivity index (χ4n) is 5.79. The van der Waals surface area contributed by atoms with Gasteiger partial charge in [0.15, 0.2) is 23.8 Å². The predicted octanol–water partition coefficient (Wildman–Crippen LogP) is 1.85. The zero-order valence-electron chi connectivity index (χ0n) is 26.0. The van der Waals surface area contributed by atoms with E-state index in [1.165, 1.54) is 20.3 Å². The zero-order valence-corrected chi connectivity index (χ0v) is 26.0. The molecule has 12 nitrogen and oxygen atoms in total. The highest BCUT2D eigenvalue weighted by molar-refractivity contribution is 5.93. The third-order valence-corrected chi connectivity index (χ3v) is 9.02. The van der Waals surface area contributed by atoms with Crippen LogP contribution in [0.1, 0.15) is 68.4 Å². The summed E-state index contributed by atoms with van der Waals surface area (Å²) in [6, 6.07) is 1.18. The van der Waals surface area contributed by atoms with Gasteiger partial charge in [0.1, 0.15) is 12.2 Å². The van der Waals surface area contributed by atoms with Crippen molar-refractivity contribution in [3.05, 3.63) is 34.9 Å². The molecule has 0 unspecified atom stereocenters. The molecule has 0 radical (unpaired) electrons. The van der Waals surface area contributed by atoms with Gasteiger partial charge < -0.3 is 49.8 Å². The van der Waals surface area contributed by atoms with Gasteiger partial charge in [-0.1, -0.05) is 26.3 Å². The fraction of sp³-hybridized carbons (Fsp3) is 0.677. The summed E-state index contributed by atoms with van der Waals surface area (Å²) in [6.45, 7) is 12.5. The quantitative estimate of drug-likeness (QED) is 0.0880. The smallest absolute Gasteiger partial charge is 0.338 e. The number of aliphatic hydroxyl groups excluding tert-OH is 3. The highest BCUT2D eigenvalue weighted by Crippen LogP contribution is 2.42. The van der Waals surface area contributed by atoms with E-state index in [1.54, 1.807) is 20.8 Å². The Morgan fingerprint density at radius 1 is 1.21 bits per heavy atom. The molecule has 2 heterocycles. The van der Waals surface area contributed by atoms with Gasteiger partial charge in [0.2, 0.25) is 0 Å². The second-order valence-electron chi connectivity index (χ2n) is 12.5. The molecule has 242 valence electrons. The molecule has 1 aromatic rings. The molecule has 0 spiro atoms. The van der Waals surface area contributed by atoms with Gasteiger partial charge in [0.25, 0.3) is 5.91 Å². The third-order valence-electron chi connectivity index (χ3n) is 9.02. The van der Waals surface area contributed by atoms with E-state index in [9.17, 15) is 35.1 Å². The number of cyclic esters (lactones) is 1. The van der Waals surface area contributed by atoms with Crippen LogP contribution in [0.3, 0.4) is 0 Å². The lowest BCUT2D eigenvalue weighted by molar-refractivity contribution is -0.217. The molecule has 0 aromatic heterocycles. The molecule has 12 heteroatoms. The number of methoxy groups -OCH3 is 2. The Kier molecular flexibility index (Phi) is 11.2. The molecule has 2 aliphatic heterocycles. The summed E-state index contributed by atoms with van der Waals surface area (Å²) in [5.41, 5.74) is 1.02. The number of carbonyl (C=O) groups is 2. The maximum Gasteiger partial charge on any atom is 0.338 e. The number of hydrogen-bond acceptors (Lipinski definition) is 11. The molecule has 6 N–H and O–H groups in total. The first kappa shape index (κ1) is 34.7.